The fourth-order valence-corrected chi connectivity index (χ4v) is 5.67. The van der Waals surface area contributed by atoms with E-state index in [2.05, 4.69) is 54.6 Å². The van der Waals surface area contributed by atoms with Gasteiger partial charge in [0, 0.05) is 22.3 Å². The van der Waals surface area contributed by atoms with E-state index in [1.807, 2.05) is 115 Å². The summed E-state index contributed by atoms with van der Waals surface area (Å²) < 4.78 is 6.88. The van der Waals surface area contributed by atoms with Crippen LogP contribution in [0.15, 0.2) is 168 Å². The molecule has 7 aromatic rings. The average molecular weight is 553 g/mol. The van der Waals surface area contributed by atoms with Crippen LogP contribution in [0.5, 0.6) is 0 Å². The molecule has 2 heteroatoms. The van der Waals surface area contributed by atoms with Gasteiger partial charge in [-0.05, 0) is 33.5 Å². The Kier molecular flexibility index (Phi) is 7.09. The molecule has 0 unspecified atom stereocenters. The van der Waals surface area contributed by atoms with Crippen molar-refractivity contribution in [2.45, 2.75) is 0 Å². The molecule has 7 rings (SSSR count). The Labute approximate surface area is 251 Å². The number of carbonyl (C=O) groups is 1. The third-order valence-electron chi connectivity index (χ3n) is 7.74. The van der Waals surface area contributed by atoms with Crippen LogP contribution in [-0.4, -0.2) is 5.78 Å². The zero-order chi connectivity index (χ0) is 29.0. The molecule has 0 atom stereocenters. The maximum absolute atomic E-state index is 14.5. The molecule has 0 aliphatic carbocycles. The van der Waals surface area contributed by atoms with Gasteiger partial charge in [-0.3, -0.25) is 4.79 Å². The molecule has 6 aromatic carbocycles. The minimum atomic E-state index is -0.0820. The van der Waals surface area contributed by atoms with Crippen LogP contribution in [0.1, 0.15) is 32.6 Å². The van der Waals surface area contributed by atoms with E-state index in [9.17, 15) is 4.79 Å². The van der Waals surface area contributed by atoms with Crippen molar-refractivity contribution in [2.24, 2.45) is 0 Å². The predicted molar refractivity (Wildman–Crippen MR) is 177 cm³/mol. The summed E-state index contributed by atoms with van der Waals surface area (Å²) in [4.78, 5) is 14.5. The highest BCUT2D eigenvalue weighted by Gasteiger charge is 2.28. The normalized spacial score (nSPS) is 10.9. The number of hydrogen-bond donors (Lipinski definition) is 0. The molecule has 0 N–H and O–H groups in total. The third kappa shape index (κ3) is 5.11. The largest absolute Gasteiger partial charge is 0.455 e. The molecule has 43 heavy (non-hydrogen) atoms. The average Bonchev–Trinajstić information content (AvgIpc) is 3.47. The Morgan fingerprint density at radius 2 is 1.00 bits per heavy atom. The monoisotopic (exact) mass is 552 g/mol. The molecular weight excluding hydrogens is 524 g/mol. The van der Waals surface area contributed by atoms with Gasteiger partial charge in [-0.15, -0.1) is 0 Å². The Morgan fingerprint density at radius 3 is 1.63 bits per heavy atom. The lowest BCUT2D eigenvalue weighted by atomic mass is 9.90. The first-order chi connectivity index (χ1) is 21.3. The van der Waals surface area contributed by atoms with Gasteiger partial charge in [0.05, 0.1) is 5.56 Å². The van der Waals surface area contributed by atoms with Crippen molar-refractivity contribution in [3.8, 4) is 22.6 Å². The van der Waals surface area contributed by atoms with Crippen molar-refractivity contribution in [1.29, 1.82) is 0 Å². The summed E-state index contributed by atoms with van der Waals surface area (Å²) in [6, 6.07) is 54.5. The van der Waals surface area contributed by atoms with E-state index in [0.717, 1.165) is 44.2 Å². The lowest BCUT2D eigenvalue weighted by Gasteiger charge is -2.11. The molecule has 0 bridgehead atoms. The van der Waals surface area contributed by atoms with Crippen LogP contribution in [0.3, 0.4) is 0 Å². The van der Waals surface area contributed by atoms with E-state index in [1.165, 1.54) is 0 Å². The van der Waals surface area contributed by atoms with E-state index >= 15 is 0 Å². The smallest absolute Gasteiger partial charge is 0.197 e. The molecule has 0 aliphatic rings. The van der Waals surface area contributed by atoms with Crippen molar-refractivity contribution in [1.82, 2.24) is 0 Å². The fraction of sp³-hybridized carbons (Fsp3) is 0. The quantitative estimate of drug-likeness (QED) is 0.184. The first-order valence-electron chi connectivity index (χ1n) is 14.4. The van der Waals surface area contributed by atoms with Crippen LogP contribution in [-0.2, 0) is 0 Å². The van der Waals surface area contributed by atoms with E-state index in [-0.39, 0.29) is 5.78 Å². The molecule has 0 amide bonds. The number of benzene rings is 6. The molecular formula is C41H28O2. The van der Waals surface area contributed by atoms with Crippen molar-refractivity contribution in [3.63, 3.8) is 0 Å². The highest BCUT2D eigenvalue weighted by molar-refractivity contribution is 6.17. The minimum absolute atomic E-state index is 0.0820. The summed E-state index contributed by atoms with van der Waals surface area (Å²) in [5, 5.41) is 2.17. The Bertz CT molecular complexity index is 2010. The number of carbonyl (C=O) groups excluding carboxylic acids is 1. The lowest BCUT2D eigenvalue weighted by molar-refractivity contribution is 0.103. The number of ketones is 1. The van der Waals surface area contributed by atoms with Crippen LogP contribution >= 0.6 is 0 Å². The highest BCUT2D eigenvalue weighted by atomic mass is 16.3. The van der Waals surface area contributed by atoms with Crippen LogP contribution in [0.25, 0.3) is 45.1 Å². The topological polar surface area (TPSA) is 30.2 Å². The highest BCUT2D eigenvalue weighted by Crippen LogP contribution is 2.43. The number of hydrogen-bond acceptors (Lipinski definition) is 2. The van der Waals surface area contributed by atoms with Crippen molar-refractivity contribution < 1.29 is 9.21 Å². The van der Waals surface area contributed by atoms with Gasteiger partial charge >= 0.3 is 0 Å². The second-order valence-electron chi connectivity index (χ2n) is 10.4. The zero-order valence-corrected chi connectivity index (χ0v) is 23.5. The molecule has 0 aliphatic heterocycles. The van der Waals surface area contributed by atoms with Crippen LogP contribution < -0.4 is 0 Å². The van der Waals surface area contributed by atoms with Crippen molar-refractivity contribution >= 4 is 28.2 Å². The van der Waals surface area contributed by atoms with E-state index in [1.54, 1.807) is 0 Å². The summed E-state index contributed by atoms with van der Waals surface area (Å²) in [6.07, 6.45) is 2.13. The first kappa shape index (κ1) is 26.2. The Balaban J connectivity index is 1.61. The SMILES string of the molecule is O=C(c1ccccc1)c1c(-c2ccccc2)oc(-c2cccc3ccccc23)c1C=C(c1ccccc1)c1ccccc1. The summed E-state index contributed by atoms with van der Waals surface area (Å²) >= 11 is 0. The molecule has 0 radical (unpaired) electrons. The predicted octanol–water partition coefficient (Wildman–Crippen LogP) is 10.6. The van der Waals surface area contributed by atoms with Gasteiger partial charge in [-0.25, -0.2) is 0 Å². The van der Waals surface area contributed by atoms with Crippen molar-refractivity contribution in [2.75, 3.05) is 0 Å². The van der Waals surface area contributed by atoms with Gasteiger partial charge in [0.25, 0.3) is 0 Å². The summed E-state index contributed by atoms with van der Waals surface area (Å²) in [5.41, 5.74) is 6.82. The molecule has 204 valence electrons. The minimum Gasteiger partial charge on any atom is -0.455 e. The molecule has 0 saturated carbocycles. The first-order valence-corrected chi connectivity index (χ1v) is 14.4. The van der Waals surface area contributed by atoms with Crippen LogP contribution in [0.2, 0.25) is 0 Å². The molecule has 0 spiro atoms. The molecule has 0 fully saturated rings. The van der Waals surface area contributed by atoms with E-state index < -0.39 is 0 Å². The summed E-state index contributed by atoms with van der Waals surface area (Å²) in [6.45, 7) is 0. The van der Waals surface area contributed by atoms with Crippen LogP contribution in [0.4, 0.5) is 0 Å². The molecule has 0 saturated heterocycles. The number of rotatable bonds is 7. The van der Waals surface area contributed by atoms with Crippen molar-refractivity contribution in [3.05, 3.63) is 192 Å². The summed E-state index contributed by atoms with van der Waals surface area (Å²) in [7, 11) is 0. The maximum Gasteiger partial charge on any atom is 0.197 e. The summed E-state index contributed by atoms with van der Waals surface area (Å²) in [5.74, 6) is 1.14. The van der Waals surface area contributed by atoms with E-state index in [0.29, 0.717) is 22.6 Å². The van der Waals surface area contributed by atoms with Gasteiger partial charge in [0.2, 0.25) is 0 Å². The Morgan fingerprint density at radius 1 is 0.488 bits per heavy atom. The number of fused-ring (bicyclic) bond motifs is 1. The fourth-order valence-electron chi connectivity index (χ4n) is 5.67. The van der Waals surface area contributed by atoms with Gasteiger partial charge in [-0.2, -0.15) is 0 Å². The van der Waals surface area contributed by atoms with Crippen LogP contribution in [0, 0.1) is 0 Å². The molecule has 1 aromatic heterocycles. The molecule has 2 nitrogen and oxygen atoms in total. The third-order valence-corrected chi connectivity index (χ3v) is 7.74. The number of furan rings is 1. The lowest BCUT2D eigenvalue weighted by Crippen LogP contribution is -2.04. The second kappa shape index (κ2) is 11.6. The standard InChI is InChI=1S/C41H28O2/c42-39(32-21-9-3-10-22-32)38-37(28-36(30-16-5-1-6-17-30)31-18-7-2-8-19-31)41(43-40(38)33-23-11-4-12-24-33)35-27-15-25-29-20-13-14-26-34(29)35/h1-28H. The van der Waals surface area contributed by atoms with Gasteiger partial charge < -0.3 is 4.42 Å². The van der Waals surface area contributed by atoms with Gasteiger partial charge in [0.15, 0.2) is 5.78 Å². The van der Waals surface area contributed by atoms with E-state index in [4.69, 9.17) is 4.42 Å². The van der Waals surface area contributed by atoms with Gasteiger partial charge in [0.1, 0.15) is 11.5 Å². The zero-order valence-electron chi connectivity index (χ0n) is 23.5. The Hall–Kier alpha value is -5.73. The molecule has 1 heterocycles. The maximum atomic E-state index is 14.5. The second-order valence-corrected chi connectivity index (χ2v) is 10.4. The van der Waals surface area contributed by atoms with Gasteiger partial charge in [-0.1, -0.05) is 164 Å².